The van der Waals surface area contributed by atoms with Gasteiger partial charge in [-0.05, 0) is 30.7 Å². The van der Waals surface area contributed by atoms with Crippen LogP contribution in [0.4, 0.5) is 8.78 Å². The standard InChI is InChI=1S/C16H14F2O3/c1-11-9-12(15(19)20)7-8-14(11)21-10-16(17,18)13-5-3-2-4-6-13/h2-9H,10H2,1H3,(H,19,20). The average molecular weight is 292 g/mol. The van der Waals surface area contributed by atoms with Gasteiger partial charge in [0, 0.05) is 5.56 Å². The van der Waals surface area contributed by atoms with Gasteiger partial charge in [-0.25, -0.2) is 4.79 Å². The number of halogens is 2. The summed E-state index contributed by atoms with van der Waals surface area (Å²) in [6, 6.07) is 11.5. The molecule has 0 radical (unpaired) electrons. The van der Waals surface area contributed by atoms with Crippen LogP contribution in [0.1, 0.15) is 21.5 Å². The molecule has 0 aliphatic heterocycles. The number of hydrogen-bond donors (Lipinski definition) is 1. The van der Waals surface area contributed by atoms with Crippen molar-refractivity contribution in [2.45, 2.75) is 12.8 Å². The summed E-state index contributed by atoms with van der Waals surface area (Å²) < 4.78 is 33.1. The topological polar surface area (TPSA) is 46.5 Å². The van der Waals surface area contributed by atoms with E-state index in [9.17, 15) is 13.6 Å². The minimum atomic E-state index is -3.11. The summed E-state index contributed by atoms with van der Waals surface area (Å²) in [5, 5.41) is 8.85. The van der Waals surface area contributed by atoms with Crippen LogP contribution >= 0.6 is 0 Å². The van der Waals surface area contributed by atoms with E-state index >= 15 is 0 Å². The zero-order valence-corrected chi connectivity index (χ0v) is 11.3. The van der Waals surface area contributed by atoms with Crippen LogP contribution in [0.15, 0.2) is 48.5 Å². The lowest BCUT2D eigenvalue weighted by Gasteiger charge is -2.18. The summed E-state index contributed by atoms with van der Waals surface area (Å²) in [5.74, 6) is -3.94. The fraction of sp³-hybridized carbons (Fsp3) is 0.188. The maximum absolute atomic E-state index is 14.0. The number of carboxylic acids is 1. The molecule has 110 valence electrons. The van der Waals surface area contributed by atoms with Gasteiger partial charge in [-0.2, -0.15) is 8.78 Å². The summed E-state index contributed by atoms with van der Waals surface area (Å²) in [6.45, 7) is 0.812. The number of ether oxygens (including phenoxy) is 1. The van der Waals surface area contributed by atoms with Crippen LogP contribution in [-0.2, 0) is 5.92 Å². The van der Waals surface area contributed by atoms with E-state index in [1.807, 2.05) is 0 Å². The van der Waals surface area contributed by atoms with Gasteiger partial charge >= 0.3 is 11.9 Å². The number of aromatic carboxylic acids is 1. The molecule has 0 saturated carbocycles. The molecule has 2 rings (SSSR count). The maximum Gasteiger partial charge on any atom is 0.335 e. The Bertz CT molecular complexity index is 639. The van der Waals surface area contributed by atoms with Gasteiger partial charge in [0.25, 0.3) is 0 Å². The van der Waals surface area contributed by atoms with Gasteiger partial charge < -0.3 is 9.84 Å². The van der Waals surface area contributed by atoms with E-state index in [1.165, 1.54) is 42.5 Å². The highest BCUT2D eigenvalue weighted by Crippen LogP contribution is 2.29. The van der Waals surface area contributed by atoms with Crippen LogP contribution in [-0.4, -0.2) is 17.7 Å². The van der Waals surface area contributed by atoms with Crippen LogP contribution in [0.25, 0.3) is 0 Å². The first-order valence-electron chi connectivity index (χ1n) is 6.30. The summed E-state index contributed by atoms with van der Waals surface area (Å²) in [4.78, 5) is 10.8. The Labute approximate surface area is 120 Å². The molecule has 0 saturated heterocycles. The Morgan fingerprint density at radius 2 is 1.86 bits per heavy atom. The molecule has 0 amide bonds. The van der Waals surface area contributed by atoms with Gasteiger partial charge in [0.15, 0.2) is 6.61 Å². The van der Waals surface area contributed by atoms with E-state index in [-0.39, 0.29) is 16.9 Å². The van der Waals surface area contributed by atoms with E-state index in [2.05, 4.69) is 0 Å². The van der Waals surface area contributed by atoms with Gasteiger partial charge in [0.2, 0.25) is 0 Å². The molecule has 0 spiro atoms. The molecule has 0 bridgehead atoms. The average Bonchev–Trinajstić information content (AvgIpc) is 2.46. The summed E-state index contributed by atoms with van der Waals surface area (Å²) >= 11 is 0. The maximum atomic E-state index is 14.0. The van der Waals surface area contributed by atoms with Crippen molar-refractivity contribution in [1.82, 2.24) is 0 Å². The third-order valence-corrected chi connectivity index (χ3v) is 3.03. The normalized spacial score (nSPS) is 11.2. The van der Waals surface area contributed by atoms with Gasteiger partial charge in [0.05, 0.1) is 5.56 Å². The number of rotatable bonds is 5. The molecule has 0 atom stereocenters. The number of carboxylic acid groups (broad SMARTS) is 1. The molecule has 1 N–H and O–H groups in total. The molecule has 0 aliphatic carbocycles. The molecule has 21 heavy (non-hydrogen) atoms. The number of benzene rings is 2. The molecule has 2 aromatic carbocycles. The van der Waals surface area contributed by atoms with Crippen LogP contribution in [0.5, 0.6) is 5.75 Å². The highest BCUT2D eigenvalue weighted by molar-refractivity contribution is 5.88. The zero-order chi connectivity index (χ0) is 15.5. The molecule has 0 heterocycles. The SMILES string of the molecule is Cc1cc(C(=O)O)ccc1OCC(F)(F)c1ccccc1. The van der Waals surface area contributed by atoms with E-state index in [0.717, 1.165) is 0 Å². The lowest BCUT2D eigenvalue weighted by atomic mass is 10.1. The van der Waals surface area contributed by atoms with Crippen molar-refractivity contribution < 1.29 is 23.4 Å². The molecular weight excluding hydrogens is 278 g/mol. The molecular formula is C16H14F2O3. The minimum Gasteiger partial charge on any atom is -0.487 e. The van der Waals surface area contributed by atoms with Crippen molar-refractivity contribution in [1.29, 1.82) is 0 Å². The third kappa shape index (κ3) is 3.56. The molecule has 0 fully saturated rings. The largest absolute Gasteiger partial charge is 0.487 e. The van der Waals surface area contributed by atoms with Crippen LogP contribution < -0.4 is 4.74 Å². The van der Waals surface area contributed by atoms with E-state index < -0.39 is 18.5 Å². The summed E-state index contributed by atoms with van der Waals surface area (Å²) in [6.07, 6.45) is 0. The second kappa shape index (κ2) is 5.91. The predicted octanol–water partition coefficient (Wildman–Crippen LogP) is 3.86. The quantitative estimate of drug-likeness (QED) is 0.910. The third-order valence-electron chi connectivity index (χ3n) is 3.03. The number of hydrogen-bond acceptors (Lipinski definition) is 2. The number of carbonyl (C=O) groups is 1. The van der Waals surface area contributed by atoms with Crippen molar-refractivity contribution in [2.75, 3.05) is 6.61 Å². The van der Waals surface area contributed by atoms with Crippen molar-refractivity contribution in [3.8, 4) is 5.75 Å². The minimum absolute atomic E-state index is 0.0923. The Morgan fingerprint density at radius 3 is 2.43 bits per heavy atom. The number of alkyl halides is 2. The molecule has 2 aromatic rings. The highest BCUT2D eigenvalue weighted by Gasteiger charge is 2.32. The van der Waals surface area contributed by atoms with Crippen molar-refractivity contribution in [2.24, 2.45) is 0 Å². The van der Waals surface area contributed by atoms with Gasteiger partial charge in [-0.15, -0.1) is 0 Å². The van der Waals surface area contributed by atoms with E-state index in [1.54, 1.807) is 13.0 Å². The molecule has 5 heteroatoms. The Balaban J connectivity index is 2.11. The molecule has 0 unspecified atom stereocenters. The van der Waals surface area contributed by atoms with E-state index in [4.69, 9.17) is 9.84 Å². The van der Waals surface area contributed by atoms with Gasteiger partial charge in [0.1, 0.15) is 5.75 Å². The molecule has 3 nitrogen and oxygen atoms in total. The summed E-state index contributed by atoms with van der Waals surface area (Å²) in [5.41, 5.74) is 0.471. The monoisotopic (exact) mass is 292 g/mol. The fourth-order valence-corrected chi connectivity index (χ4v) is 1.88. The smallest absolute Gasteiger partial charge is 0.335 e. The lowest BCUT2D eigenvalue weighted by molar-refractivity contribution is -0.0468. The van der Waals surface area contributed by atoms with Crippen LogP contribution in [0, 0.1) is 6.92 Å². The van der Waals surface area contributed by atoms with Crippen molar-refractivity contribution in [3.05, 3.63) is 65.2 Å². The second-order valence-corrected chi connectivity index (χ2v) is 4.64. The second-order valence-electron chi connectivity index (χ2n) is 4.64. The van der Waals surface area contributed by atoms with Crippen molar-refractivity contribution in [3.63, 3.8) is 0 Å². The summed E-state index contributed by atoms with van der Waals surface area (Å²) in [7, 11) is 0. The van der Waals surface area contributed by atoms with Gasteiger partial charge in [-0.1, -0.05) is 30.3 Å². The van der Waals surface area contributed by atoms with Crippen molar-refractivity contribution >= 4 is 5.97 Å². The first-order chi connectivity index (χ1) is 9.90. The van der Waals surface area contributed by atoms with Crippen LogP contribution in [0.3, 0.4) is 0 Å². The lowest BCUT2D eigenvalue weighted by Crippen LogP contribution is -2.23. The first-order valence-corrected chi connectivity index (χ1v) is 6.30. The Morgan fingerprint density at radius 1 is 1.19 bits per heavy atom. The predicted molar refractivity (Wildman–Crippen MR) is 74.0 cm³/mol. The Hall–Kier alpha value is -2.43. The number of aryl methyl sites for hydroxylation is 1. The van der Waals surface area contributed by atoms with Crippen LogP contribution in [0.2, 0.25) is 0 Å². The Kier molecular flexibility index (Phi) is 4.21. The highest BCUT2D eigenvalue weighted by atomic mass is 19.3. The van der Waals surface area contributed by atoms with Gasteiger partial charge in [-0.3, -0.25) is 0 Å². The fourth-order valence-electron chi connectivity index (χ4n) is 1.88. The first kappa shape index (κ1) is 15.0. The van der Waals surface area contributed by atoms with E-state index in [0.29, 0.717) is 5.56 Å². The molecule has 0 aliphatic rings. The molecule has 0 aromatic heterocycles. The zero-order valence-electron chi connectivity index (χ0n) is 11.3.